The summed E-state index contributed by atoms with van der Waals surface area (Å²) in [6.07, 6.45) is 5.32. The minimum absolute atomic E-state index is 0.554. The molecule has 0 amide bonds. The predicted octanol–water partition coefficient (Wildman–Crippen LogP) is 4.34. The fourth-order valence-electron chi connectivity index (χ4n) is 3.37. The van der Waals surface area contributed by atoms with Crippen molar-refractivity contribution >= 4 is 0 Å². The molecule has 1 aromatic carbocycles. The van der Waals surface area contributed by atoms with E-state index in [2.05, 4.69) is 50.4 Å². The average Bonchev–Trinajstić information content (AvgIpc) is 2.82. The van der Waals surface area contributed by atoms with Crippen molar-refractivity contribution in [2.24, 2.45) is 11.8 Å². The Morgan fingerprint density at radius 2 is 1.89 bits per heavy atom. The molecule has 2 rings (SSSR count). The first-order chi connectivity index (χ1) is 8.76. The Bertz CT molecular complexity index is 354. The molecular formula is C17H27N. The molecule has 1 fully saturated rings. The molecule has 1 N–H and O–H groups in total. The summed E-state index contributed by atoms with van der Waals surface area (Å²) in [4.78, 5) is 0. The van der Waals surface area contributed by atoms with Crippen molar-refractivity contribution < 1.29 is 0 Å². The van der Waals surface area contributed by atoms with Gasteiger partial charge in [0.15, 0.2) is 0 Å². The largest absolute Gasteiger partial charge is 0.310 e. The number of hydrogen-bond donors (Lipinski definition) is 1. The summed E-state index contributed by atoms with van der Waals surface area (Å²) in [6, 6.07) is 9.80. The zero-order valence-electron chi connectivity index (χ0n) is 12.1. The molecule has 0 saturated heterocycles. The Morgan fingerprint density at radius 3 is 2.39 bits per heavy atom. The van der Waals surface area contributed by atoms with Crippen LogP contribution in [-0.2, 0) is 6.42 Å². The summed E-state index contributed by atoms with van der Waals surface area (Å²) < 4.78 is 0. The molecule has 0 aliphatic heterocycles. The Morgan fingerprint density at radius 1 is 1.17 bits per heavy atom. The molecule has 100 valence electrons. The number of benzene rings is 1. The van der Waals surface area contributed by atoms with E-state index in [-0.39, 0.29) is 0 Å². The molecule has 1 saturated carbocycles. The van der Waals surface area contributed by atoms with Crippen LogP contribution in [0.5, 0.6) is 0 Å². The number of nitrogens with one attached hydrogen (secondary N) is 1. The van der Waals surface area contributed by atoms with Crippen LogP contribution in [0.15, 0.2) is 24.3 Å². The van der Waals surface area contributed by atoms with Crippen molar-refractivity contribution in [2.75, 3.05) is 6.54 Å². The van der Waals surface area contributed by atoms with Gasteiger partial charge in [0.2, 0.25) is 0 Å². The van der Waals surface area contributed by atoms with Crippen LogP contribution < -0.4 is 5.32 Å². The van der Waals surface area contributed by atoms with E-state index in [0.29, 0.717) is 6.04 Å². The predicted molar refractivity (Wildman–Crippen MR) is 78.7 cm³/mol. The van der Waals surface area contributed by atoms with Crippen LogP contribution in [-0.4, -0.2) is 6.54 Å². The van der Waals surface area contributed by atoms with E-state index < -0.39 is 0 Å². The Kier molecular flexibility index (Phi) is 4.82. The lowest BCUT2D eigenvalue weighted by molar-refractivity contribution is 0.305. The van der Waals surface area contributed by atoms with E-state index in [1.54, 1.807) is 0 Å². The van der Waals surface area contributed by atoms with Gasteiger partial charge in [0, 0.05) is 6.04 Å². The van der Waals surface area contributed by atoms with Gasteiger partial charge >= 0.3 is 0 Å². The lowest BCUT2D eigenvalue weighted by Gasteiger charge is -2.28. The van der Waals surface area contributed by atoms with Gasteiger partial charge in [-0.2, -0.15) is 0 Å². The highest BCUT2D eigenvalue weighted by molar-refractivity contribution is 5.26. The SMILES string of the molecule is CCNC(c1ccc(CC)cc1)C1CCCC1C. The monoisotopic (exact) mass is 245 g/mol. The van der Waals surface area contributed by atoms with Crippen molar-refractivity contribution in [3.8, 4) is 0 Å². The quantitative estimate of drug-likeness (QED) is 0.814. The van der Waals surface area contributed by atoms with E-state index in [9.17, 15) is 0 Å². The van der Waals surface area contributed by atoms with Gasteiger partial charge in [-0.15, -0.1) is 0 Å². The molecule has 1 nitrogen and oxygen atoms in total. The highest BCUT2D eigenvalue weighted by Gasteiger charge is 2.31. The molecule has 3 atom stereocenters. The number of aryl methyl sites for hydroxylation is 1. The second kappa shape index (κ2) is 6.38. The summed E-state index contributed by atoms with van der Waals surface area (Å²) >= 11 is 0. The zero-order chi connectivity index (χ0) is 13.0. The highest BCUT2D eigenvalue weighted by atomic mass is 14.9. The minimum atomic E-state index is 0.554. The van der Waals surface area contributed by atoms with Crippen LogP contribution in [0.4, 0.5) is 0 Å². The van der Waals surface area contributed by atoms with Gasteiger partial charge in [-0.05, 0) is 42.3 Å². The molecule has 0 radical (unpaired) electrons. The van der Waals surface area contributed by atoms with E-state index >= 15 is 0 Å². The van der Waals surface area contributed by atoms with Gasteiger partial charge < -0.3 is 5.32 Å². The highest BCUT2D eigenvalue weighted by Crippen LogP contribution is 2.40. The topological polar surface area (TPSA) is 12.0 Å². The maximum Gasteiger partial charge on any atom is 0.0351 e. The first-order valence-corrected chi connectivity index (χ1v) is 7.58. The smallest absolute Gasteiger partial charge is 0.0351 e. The van der Waals surface area contributed by atoms with Crippen LogP contribution in [0.2, 0.25) is 0 Å². The van der Waals surface area contributed by atoms with Crippen LogP contribution in [0.25, 0.3) is 0 Å². The van der Waals surface area contributed by atoms with Gasteiger partial charge in [-0.3, -0.25) is 0 Å². The van der Waals surface area contributed by atoms with Gasteiger partial charge in [0.25, 0.3) is 0 Å². The van der Waals surface area contributed by atoms with Crippen molar-refractivity contribution in [1.82, 2.24) is 5.32 Å². The number of hydrogen-bond acceptors (Lipinski definition) is 1. The Balaban J connectivity index is 2.17. The number of rotatable bonds is 5. The van der Waals surface area contributed by atoms with E-state index in [1.807, 2.05) is 0 Å². The fraction of sp³-hybridized carbons (Fsp3) is 0.647. The third kappa shape index (κ3) is 2.95. The molecule has 0 bridgehead atoms. The van der Waals surface area contributed by atoms with Crippen LogP contribution in [0, 0.1) is 11.8 Å². The summed E-state index contributed by atoms with van der Waals surface area (Å²) in [6.45, 7) is 7.91. The first kappa shape index (κ1) is 13.6. The molecular weight excluding hydrogens is 218 g/mol. The second-order valence-corrected chi connectivity index (χ2v) is 5.70. The molecule has 1 aromatic rings. The summed E-state index contributed by atoms with van der Waals surface area (Å²) in [5, 5.41) is 3.71. The maximum atomic E-state index is 3.71. The fourth-order valence-corrected chi connectivity index (χ4v) is 3.37. The molecule has 1 heteroatoms. The van der Waals surface area contributed by atoms with E-state index in [0.717, 1.165) is 24.8 Å². The van der Waals surface area contributed by atoms with Crippen LogP contribution in [0.1, 0.15) is 57.2 Å². The summed E-state index contributed by atoms with van der Waals surface area (Å²) in [7, 11) is 0. The third-order valence-corrected chi connectivity index (χ3v) is 4.53. The van der Waals surface area contributed by atoms with Crippen molar-refractivity contribution in [3.05, 3.63) is 35.4 Å². The molecule has 18 heavy (non-hydrogen) atoms. The second-order valence-electron chi connectivity index (χ2n) is 5.70. The Labute approximate surface area is 112 Å². The molecule has 0 spiro atoms. The van der Waals surface area contributed by atoms with E-state index in [1.165, 1.54) is 30.4 Å². The van der Waals surface area contributed by atoms with Gasteiger partial charge in [-0.25, -0.2) is 0 Å². The summed E-state index contributed by atoms with van der Waals surface area (Å²) in [5.41, 5.74) is 2.92. The molecule has 1 aliphatic rings. The zero-order valence-corrected chi connectivity index (χ0v) is 12.1. The van der Waals surface area contributed by atoms with Gasteiger partial charge in [0.05, 0.1) is 0 Å². The van der Waals surface area contributed by atoms with Crippen LogP contribution >= 0.6 is 0 Å². The molecule has 1 aliphatic carbocycles. The van der Waals surface area contributed by atoms with Crippen LogP contribution in [0.3, 0.4) is 0 Å². The molecule has 0 aromatic heterocycles. The lowest BCUT2D eigenvalue weighted by Crippen LogP contribution is -2.29. The van der Waals surface area contributed by atoms with Crippen molar-refractivity contribution in [2.45, 2.75) is 52.5 Å². The van der Waals surface area contributed by atoms with E-state index in [4.69, 9.17) is 0 Å². The average molecular weight is 245 g/mol. The standard InChI is InChI=1S/C17H27N/c1-4-14-9-11-15(12-10-14)17(18-5-2)16-8-6-7-13(16)3/h9-13,16-18H,4-8H2,1-3H3. The Hall–Kier alpha value is -0.820. The normalized spacial score (nSPS) is 25.3. The van der Waals surface area contributed by atoms with Crippen molar-refractivity contribution in [1.29, 1.82) is 0 Å². The first-order valence-electron chi connectivity index (χ1n) is 7.58. The van der Waals surface area contributed by atoms with Gasteiger partial charge in [-0.1, -0.05) is 57.9 Å². The third-order valence-electron chi connectivity index (χ3n) is 4.53. The van der Waals surface area contributed by atoms with Gasteiger partial charge in [0.1, 0.15) is 0 Å². The molecule has 0 heterocycles. The minimum Gasteiger partial charge on any atom is -0.310 e. The molecule has 3 unspecified atom stereocenters. The summed E-state index contributed by atoms with van der Waals surface area (Å²) in [5.74, 6) is 1.68. The van der Waals surface area contributed by atoms with Crippen molar-refractivity contribution in [3.63, 3.8) is 0 Å². The lowest BCUT2D eigenvalue weighted by atomic mass is 9.85. The maximum absolute atomic E-state index is 3.71.